The third-order valence-electron chi connectivity index (χ3n) is 3.05. The van der Waals surface area contributed by atoms with E-state index < -0.39 is 0 Å². The van der Waals surface area contributed by atoms with Crippen molar-refractivity contribution < 1.29 is 9.13 Å². The van der Waals surface area contributed by atoms with Crippen LogP contribution in [0.1, 0.15) is 18.4 Å². The summed E-state index contributed by atoms with van der Waals surface area (Å²) in [5, 5.41) is 0. The number of rotatable bonds is 2. The Morgan fingerprint density at radius 3 is 2.59 bits per heavy atom. The molecule has 0 unspecified atom stereocenters. The van der Waals surface area contributed by atoms with Crippen LogP contribution in [0.2, 0.25) is 0 Å². The number of benzene rings is 1. The quantitative estimate of drug-likeness (QED) is 0.907. The average Bonchev–Trinajstić information content (AvgIpc) is 2.23. The number of ether oxygens (including phenoxy) is 1. The normalized spacial score (nSPS) is 18.5. The minimum absolute atomic E-state index is 0. The van der Waals surface area contributed by atoms with E-state index in [9.17, 15) is 4.39 Å². The van der Waals surface area contributed by atoms with Gasteiger partial charge in [-0.1, -0.05) is 22.0 Å². The molecule has 0 saturated carbocycles. The van der Waals surface area contributed by atoms with Crippen LogP contribution in [-0.2, 0) is 11.2 Å². The van der Waals surface area contributed by atoms with Crippen molar-refractivity contribution in [2.75, 3.05) is 13.2 Å². The van der Waals surface area contributed by atoms with Gasteiger partial charge in [0.2, 0.25) is 0 Å². The van der Waals surface area contributed by atoms with E-state index in [-0.39, 0.29) is 23.8 Å². The maximum absolute atomic E-state index is 12.9. The van der Waals surface area contributed by atoms with Crippen molar-refractivity contribution in [3.63, 3.8) is 0 Å². The Balaban J connectivity index is 0.00000144. The Bertz CT molecular complexity index is 383. The van der Waals surface area contributed by atoms with E-state index in [4.69, 9.17) is 10.5 Å². The predicted molar refractivity (Wildman–Crippen MR) is 72.0 cm³/mol. The second-order valence-electron chi connectivity index (χ2n) is 4.39. The number of hydrogen-bond donors (Lipinski definition) is 1. The summed E-state index contributed by atoms with van der Waals surface area (Å²) in [7, 11) is 0. The maximum atomic E-state index is 12.9. The molecule has 2 N–H and O–H groups in total. The molecule has 96 valence electrons. The van der Waals surface area contributed by atoms with E-state index >= 15 is 0 Å². The molecule has 1 aromatic rings. The van der Waals surface area contributed by atoms with Gasteiger partial charge in [0.1, 0.15) is 5.82 Å². The first-order valence-corrected chi connectivity index (χ1v) is 6.19. The molecule has 1 aromatic carbocycles. The molecule has 1 heterocycles. The zero-order chi connectivity index (χ0) is 11.6. The van der Waals surface area contributed by atoms with Gasteiger partial charge < -0.3 is 10.5 Å². The van der Waals surface area contributed by atoms with Crippen LogP contribution in [0.3, 0.4) is 0 Å². The summed E-state index contributed by atoms with van der Waals surface area (Å²) < 4.78 is 19.0. The van der Waals surface area contributed by atoms with Crippen molar-refractivity contribution in [3.8, 4) is 0 Å². The van der Waals surface area contributed by atoms with E-state index in [2.05, 4.69) is 15.9 Å². The zero-order valence-corrected chi connectivity index (χ0v) is 11.8. The van der Waals surface area contributed by atoms with E-state index in [1.54, 1.807) is 6.07 Å². The van der Waals surface area contributed by atoms with Crippen LogP contribution in [-0.4, -0.2) is 18.8 Å². The maximum Gasteiger partial charge on any atom is 0.124 e. The Labute approximate surface area is 115 Å². The zero-order valence-electron chi connectivity index (χ0n) is 9.42. The van der Waals surface area contributed by atoms with Gasteiger partial charge in [-0.15, -0.1) is 12.4 Å². The number of halogens is 3. The van der Waals surface area contributed by atoms with Gasteiger partial charge in [0.05, 0.1) is 0 Å². The third-order valence-corrected chi connectivity index (χ3v) is 3.78. The Morgan fingerprint density at radius 1 is 1.35 bits per heavy atom. The lowest BCUT2D eigenvalue weighted by Gasteiger charge is -2.33. The molecule has 0 atom stereocenters. The molecule has 2 nitrogen and oxygen atoms in total. The van der Waals surface area contributed by atoms with Crippen molar-refractivity contribution in [2.45, 2.75) is 24.8 Å². The van der Waals surface area contributed by atoms with Gasteiger partial charge in [0, 0.05) is 23.2 Å². The smallest absolute Gasteiger partial charge is 0.124 e. The van der Waals surface area contributed by atoms with E-state index in [1.165, 1.54) is 12.1 Å². The molecule has 0 aromatic heterocycles. The monoisotopic (exact) mass is 323 g/mol. The van der Waals surface area contributed by atoms with Gasteiger partial charge in [-0.05, 0) is 37.0 Å². The molecule has 17 heavy (non-hydrogen) atoms. The third kappa shape index (κ3) is 3.91. The number of nitrogens with two attached hydrogens (primary N) is 1. The predicted octanol–water partition coefficient (Wildman–Crippen LogP) is 3.06. The van der Waals surface area contributed by atoms with Crippen LogP contribution in [0.15, 0.2) is 22.7 Å². The molecule has 2 rings (SSSR count). The fraction of sp³-hybridized carbons (Fsp3) is 0.500. The SMILES string of the molecule is Cl.NC1(Cc2ccc(F)cc2Br)CCOCC1. The highest BCUT2D eigenvalue weighted by Gasteiger charge is 2.28. The highest BCUT2D eigenvalue weighted by atomic mass is 79.9. The van der Waals surface area contributed by atoms with E-state index in [0.717, 1.165) is 42.5 Å². The minimum atomic E-state index is -0.228. The molecule has 1 fully saturated rings. The van der Waals surface area contributed by atoms with Crippen LogP contribution < -0.4 is 5.73 Å². The fourth-order valence-electron chi connectivity index (χ4n) is 2.00. The standard InChI is InChI=1S/C12H15BrFNO.ClH/c13-11-7-10(14)2-1-9(11)8-12(15)3-5-16-6-4-12;/h1-2,7H,3-6,8,15H2;1H. The molecule has 1 aliphatic rings. The lowest BCUT2D eigenvalue weighted by molar-refractivity contribution is 0.0533. The van der Waals surface area contributed by atoms with Crippen LogP contribution in [0.25, 0.3) is 0 Å². The molecule has 0 radical (unpaired) electrons. The van der Waals surface area contributed by atoms with Crippen molar-refractivity contribution in [1.82, 2.24) is 0 Å². The minimum Gasteiger partial charge on any atom is -0.381 e. The summed E-state index contributed by atoms with van der Waals surface area (Å²) in [5.41, 5.74) is 7.15. The van der Waals surface area contributed by atoms with Crippen molar-refractivity contribution in [1.29, 1.82) is 0 Å². The molecule has 0 amide bonds. The Morgan fingerprint density at radius 2 is 2.00 bits per heavy atom. The van der Waals surface area contributed by atoms with Crippen LogP contribution >= 0.6 is 28.3 Å². The summed E-state index contributed by atoms with van der Waals surface area (Å²) in [6.07, 6.45) is 2.48. The highest BCUT2D eigenvalue weighted by molar-refractivity contribution is 9.10. The summed E-state index contributed by atoms with van der Waals surface area (Å²) in [6, 6.07) is 4.75. The summed E-state index contributed by atoms with van der Waals surface area (Å²) in [6.45, 7) is 1.44. The van der Waals surface area contributed by atoms with E-state index in [0.29, 0.717) is 0 Å². The Kier molecular flexibility index (Phi) is 5.38. The van der Waals surface area contributed by atoms with Gasteiger partial charge in [-0.25, -0.2) is 4.39 Å². The van der Waals surface area contributed by atoms with Gasteiger partial charge in [-0.3, -0.25) is 0 Å². The van der Waals surface area contributed by atoms with Gasteiger partial charge in [0.15, 0.2) is 0 Å². The summed E-state index contributed by atoms with van der Waals surface area (Å²) in [4.78, 5) is 0. The topological polar surface area (TPSA) is 35.2 Å². The molecule has 1 aliphatic heterocycles. The second kappa shape index (κ2) is 6.14. The summed E-state index contributed by atoms with van der Waals surface area (Å²) >= 11 is 3.37. The van der Waals surface area contributed by atoms with Gasteiger partial charge in [-0.2, -0.15) is 0 Å². The summed E-state index contributed by atoms with van der Waals surface area (Å²) in [5.74, 6) is -0.228. The molecule has 5 heteroatoms. The lowest BCUT2D eigenvalue weighted by Crippen LogP contribution is -2.46. The first kappa shape index (κ1) is 14.9. The van der Waals surface area contributed by atoms with Gasteiger partial charge >= 0.3 is 0 Å². The highest BCUT2D eigenvalue weighted by Crippen LogP contribution is 2.27. The largest absolute Gasteiger partial charge is 0.381 e. The molecular formula is C12H16BrClFNO. The second-order valence-corrected chi connectivity index (χ2v) is 5.24. The van der Waals surface area contributed by atoms with Crippen LogP contribution in [0.4, 0.5) is 4.39 Å². The van der Waals surface area contributed by atoms with Crippen molar-refractivity contribution in [3.05, 3.63) is 34.1 Å². The Hall–Kier alpha value is -0.160. The van der Waals surface area contributed by atoms with Crippen LogP contribution in [0.5, 0.6) is 0 Å². The van der Waals surface area contributed by atoms with Crippen LogP contribution in [0, 0.1) is 5.82 Å². The van der Waals surface area contributed by atoms with Crippen molar-refractivity contribution in [2.24, 2.45) is 5.73 Å². The van der Waals surface area contributed by atoms with Crippen molar-refractivity contribution >= 4 is 28.3 Å². The molecule has 1 saturated heterocycles. The fourth-order valence-corrected chi connectivity index (χ4v) is 2.49. The average molecular weight is 325 g/mol. The molecule has 0 bridgehead atoms. The first-order valence-electron chi connectivity index (χ1n) is 5.40. The lowest BCUT2D eigenvalue weighted by atomic mass is 9.85. The molecule has 0 aliphatic carbocycles. The molecule has 0 spiro atoms. The first-order chi connectivity index (χ1) is 7.59. The number of hydrogen-bond acceptors (Lipinski definition) is 2. The van der Waals surface area contributed by atoms with E-state index in [1.807, 2.05) is 0 Å². The van der Waals surface area contributed by atoms with Gasteiger partial charge in [0.25, 0.3) is 0 Å². The molecular weight excluding hydrogens is 308 g/mol.